The van der Waals surface area contributed by atoms with Gasteiger partial charge in [-0.25, -0.2) is 4.68 Å². The van der Waals surface area contributed by atoms with Crippen LogP contribution in [0.15, 0.2) is 59.8 Å². The predicted octanol–water partition coefficient (Wildman–Crippen LogP) is 3.50. The maximum atomic E-state index is 12.8. The molecule has 1 heterocycles. The molecule has 3 rings (SSSR count). The molecule has 0 atom stereocenters. The Hall–Kier alpha value is -2.80. The fourth-order valence-corrected chi connectivity index (χ4v) is 3.61. The maximum Gasteiger partial charge on any atom is 0.237 e. The lowest BCUT2D eigenvalue weighted by molar-refractivity contribution is -0.116. The van der Waals surface area contributed by atoms with Crippen molar-refractivity contribution < 1.29 is 4.79 Å². The lowest BCUT2D eigenvalue weighted by Crippen LogP contribution is -2.38. The van der Waals surface area contributed by atoms with Crippen LogP contribution in [0.4, 0.5) is 5.69 Å². The molecule has 0 aliphatic carbocycles. The lowest BCUT2D eigenvalue weighted by Gasteiger charge is -2.26. The van der Waals surface area contributed by atoms with E-state index < -0.39 is 0 Å². The standard InChI is InChI=1S/C20H23N5OS/c1-14(2)24(16-10-5-4-6-11-16)18(26)13-27-20-23-22-19(25(20)21)17-12-8-7-9-15(17)3/h4-12,14H,13,21H2,1-3H3. The number of nitrogens with zero attached hydrogens (tertiary/aromatic N) is 4. The quantitative estimate of drug-likeness (QED) is 0.522. The largest absolute Gasteiger partial charge is 0.335 e. The van der Waals surface area contributed by atoms with Gasteiger partial charge in [0.15, 0.2) is 5.82 Å². The molecule has 1 amide bonds. The topological polar surface area (TPSA) is 77.0 Å². The van der Waals surface area contributed by atoms with Crippen molar-refractivity contribution in [1.29, 1.82) is 0 Å². The summed E-state index contributed by atoms with van der Waals surface area (Å²) in [4.78, 5) is 14.6. The van der Waals surface area contributed by atoms with Gasteiger partial charge in [-0.1, -0.05) is 54.2 Å². The monoisotopic (exact) mass is 381 g/mol. The van der Waals surface area contributed by atoms with Crippen molar-refractivity contribution in [3.8, 4) is 11.4 Å². The predicted molar refractivity (Wildman–Crippen MR) is 110 cm³/mol. The summed E-state index contributed by atoms with van der Waals surface area (Å²) in [6.45, 7) is 6.00. The molecule has 0 fully saturated rings. The molecule has 140 valence electrons. The SMILES string of the molecule is Cc1ccccc1-c1nnc(SCC(=O)N(c2ccccc2)C(C)C)n1N. The van der Waals surface area contributed by atoms with E-state index in [9.17, 15) is 4.79 Å². The van der Waals surface area contributed by atoms with Gasteiger partial charge in [0.05, 0.1) is 5.75 Å². The normalized spacial score (nSPS) is 11.0. The highest BCUT2D eigenvalue weighted by atomic mass is 32.2. The number of hydrogen-bond acceptors (Lipinski definition) is 5. The zero-order valence-electron chi connectivity index (χ0n) is 15.7. The molecule has 0 saturated carbocycles. The Morgan fingerprint density at radius 3 is 2.44 bits per heavy atom. The summed E-state index contributed by atoms with van der Waals surface area (Å²) in [6, 6.07) is 17.6. The van der Waals surface area contributed by atoms with E-state index >= 15 is 0 Å². The summed E-state index contributed by atoms with van der Waals surface area (Å²) in [5, 5.41) is 8.88. The first kappa shape index (κ1) is 19.0. The average molecular weight is 382 g/mol. The highest BCUT2D eigenvalue weighted by molar-refractivity contribution is 7.99. The van der Waals surface area contributed by atoms with Gasteiger partial charge in [0.25, 0.3) is 0 Å². The van der Waals surface area contributed by atoms with Crippen LogP contribution in [0.3, 0.4) is 0 Å². The number of hydrogen-bond donors (Lipinski definition) is 1. The van der Waals surface area contributed by atoms with E-state index in [1.54, 1.807) is 4.90 Å². The zero-order chi connectivity index (χ0) is 19.4. The molecule has 2 aromatic carbocycles. The van der Waals surface area contributed by atoms with Crippen LogP contribution in [0.2, 0.25) is 0 Å². The number of para-hydroxylation sites is 1. The molecule has 6 nitrogen and oxygen atoms in total. The Morgan fingerprint density at radius 2 is 1.78 bits per heavy atom. The first-order valence-corrected chi connectivity index (χ1v) is 9.74. The van der Waals surface area contributed by atoms with Gasteiger partial charge in [0.2, 0.25) is 11.1 Å². The van der Waals surface area contributed by atoms with Crippen LogP contribution in [-0.2, 0) is 4.79 Å². The molecule has 2 N–H and O–H groups in total. The van der Waals surface area contributed by atoms with Crippen molar-refractivity contribution in [3.05, 3.63) is 60.2 Å². The van der Waals surface area contributed by atoms with Gasteiger partial charge < -0.3 is 10.7 Å². The van der Waals surface area contributed by atoms with Gasteiger partial charge in [-0.05, 0) is 38.5 Å². The minimum absolute atomic E-state index is 0.00152. The van der Waals surface area contributed by atoms with Gasteiger partial charge in [-0.15, -0.1) is 10.2 Å². The maximum absolute atomic E-state index is 12.8. The van der Waals surface area contributed by atoms with Crippen LogP contribution >= 0.6 is 11.8 Å². The fraction of sp³-hybridized carbons (Fsp3) is 0.250. The summed E-state index contributed by atoms with van der Waals surface area (Å²) < 4.78 is 1.45. The summed E-state index contributed by atoms with van der Waals surface area (Å²) >= 11 is 1.29. The summed E-state index contributed by atoms with van der Waals surface area (Å²) in [6.07, 6.45) is 0. The number of thioether (sulfide) groups is 1. The second-order valence-corrected chi connectivity index (χ2v) is 7.42. The molecule has 3 aromatic rings. The Labute approximate surface area is 163 Å². The van der Waals surface area contributed by atoms with Crippen LogP contribution in [0.5, 0.6) is 0 Å². The van der Waals surface area contributed by atoms with Crippen molar-refractivity contribution in [2.24, 2.45) is 0 Å². The van der Waals surface area contributed by atoms with Crippen molar-refractivity contribution >= 4 is 23.4 Å². The van der Waals surface area contributed by atoms with Crippen LogP contribution < -0.4 is 10.7 Å². The highest BCUT2D eigenvalue weighted by Crippen LogP contribution is 2.25. The lowest BCUT2D eigenvalue weighted by atomic mass is 10.1. The van der Waals surface area contributed by atoms with Crippen LogP contribution in [0.1, 0.15) is 19.4 Å². The van der Waals surface area contributed by atoms with Gasteiger partial charge in [0, 0.05) is 17.3 Å². The molecule has 1 aromatic heterocycles. The first-order chi connectivity index (χ1) is 13.0. The number of benzene rings is 2. The summed E-state index contributed by atoms with van der Waals surface area (Å²) in [5.74, 6) is 7.01. The second kappa shape index (κ2) is 8.26. The van der Waals surface area contributed by atoms with Crippen LogP contribution in [0, 0.1) is 6.92 Å². The molecular weight excluding hydrogens is 358 g/mol. The molecule has 0 aliphatic heterocycles. The van der Waals surface area contributed by atoms with Crippen molar-refractivity contribution in [2.45, 2.75) is 32.0 Å². The third-order valence-corrected chi connectivity index (χ3v) is 5.12. The van der Waals surface area contributed by atoms with Gasteiger partial charge in [0.1, 0.15) is 0 Å². The van der Waals surface area contributed by atoms with Gasteiger partial charge in [-0.2, -0.15) is 0 Å². The molecule has 0 aliphatic rings. The number of nitrogen functional groups attached to an aromatic ring is 1. The van der Waals surface area contributed by atoms with Gasteiger partial charge >= 0.3 is 0 Å². The highest BCUT2D eigenvalue weighted by Gasteiger charge is 2.21. The molecule has 0 radical (unpaired) electrons. The number of rotatable bonds is 6. The minimum Gasteiger partial charge on any atom is -0.335 e. The van der Waals surface area contributed by atoms with Crippen molar-refractivity contribution in [3.63, 3.8) is 0 Å². The third kappa shape index (κ3) is 4.14. The third-order valence-electron chi connectivity index (χ3n) is 4.19. The number of aryl methyl sites for hydroxylation is 1. The summed E-state index contributed by atoms with van der Waals surface area (Å²) in [7, 11) is 0. The fourth-order valence-electron chi connectivity index (χ4n) is 2.90. The molecule has 0 bridgehead atoms. The zero-order valence-corrected chi connectivity index (χ0v) is 16.5. The molecule has 7 heteroatoms. The van der Waals surface area contributed by atoms with Crippen LogP contribution in [-0.4, -0.2) is 32.6 Å². The number of amides is 1. The number of carbonyl (C=O) groups is 1. The Morgan fingerprint density at radius 1 is 1.11 bits per heavy atom. The van der Waals surface area contributed by atoms with Gasteiger partial charge in [-0.3, -0.25) is 4.79 Å². The molecular formula is C20H23N5OS. The molecule has 27 heavy (non-hydrogen) atoms. The first-order valence-electron chi connectivity index (χ1n) is 8.75. The number of aromatic nitrogens is 3. The van der Waals surface area contributed by atoms with E-state index in [1.165, 1.54) is 16.4 Å². The second-order valence-electron chi connectivity index (χ2n) is 6.47. The van der Waals surface area contributed by atoms with E-state index in [0.717, 1.165) is 16.8 Å². The Bertz CT molecular complexity index is 923. The van der Waals surface area contributed by atoms with E-state index in [4.69, 9.17) is 5.84 Å². The minimum atomic E-state index is 0.00152. The van der Waals surface area contributed by atoms with Crippen molar-refractivity contribution in [1.82, 2.24) is 14.9 Å². The van der Waals surface area contributed by atoms with E-state index in [2.05, 4.69) is 10.2 Å². The number of anilines is 1. The molecule has 0 saturated heterocycles. The van der Waals surface area contributed by atoms with E-state index in [1.807, 2.05) is 75.4 Å². The van der Waals surface area contributed by atoms with Crippen LogP contribution in [0.25, 0.3) is 11.4 Å². The Kier molecular flexibility index (Phi) is 5.81. The van der Waals surface area contributed by atoms with E-state index in [-0.39, 0.29) is 17.7 Å². The van der Waals surface area contributed by atoms with Crippen molar-refractivity contribution in [2.75, 3.05) is 16.5 Å². The smallest absolute Gasteiger partial charge is 0.237 e. The van der Waals surface area contributed by atoms with E-state index in [0.29, 0.717) is 11.0 Å². The average Bonchev–Trinajstić information content (AvgIpc) is 3.01. The Balaban J connectivity index is 1.75. The number of nitrogens with two attached hydrogens (primary N) is 1. The number of carbonyl (C=O) groups excluding carboxylic acids is 1. The molecule has 0 spiro atoms. The summed E-state index contributed by atoms with van der Waals surface area (Å²) in [5.41, 5.74) is 2.88. The molecule has 0 unspecified atom stereocenters.